The zero-order valence-electron chi connectivity index (χ0n) is 17.2. The van der Waals surface area contributed by atoms with E-state index in [1.807, 2.05) is 56.3 Å². The van der Waals surface area contributed by atoms with Gasteiger partial charge in [-0.05, 0) is 42.5 Å². The second kappa shape index (κ2) is 8.91. The number of nitrogens with one attached hydrogen (secondary N) is 1. The summed E-state index contributed by atoms with van der Waals surface area (Å²) < 4.78 is 0. The number of carbonyl (C=O) groups excluding carboxylic acids is 1. The number of hydrogen-bond acceptors (Lipinski definition) is 4. The molecule has 2 bridgehead atoms. The van der Waals surface area contributed by atoms with E-state index in [0.717, 1.165) is 17.7 Å². The number of nitrogens with zero attached hydrogens (tertiary/aromatic N) is 2. The van der Waals surface area contributed by atoms with Crippen molar-refractivity contribution in [2.24, 2.45) is 22.1 Å². The quantitative estimate of drug-likeness (QED) is 0.423. The Bertz CT molecular complexity index is 1030. The van der Waals surface area contributed by atoms with Gasteiger partial charge in [-0.3, -0.25) is 4.79 Å². The van der Waals surface area contributed by atoms with E-state index in [-0.39, 0.29) is 12.5 Å². The van der Waals surface area contributed by atoms with Crippen molar-refractivity contribution in [1.29, 1.82) is 0 Å². The first-order valence-corrected chi connectivity index (χ1v) is 10.1. The highest BCUT2D eigenvalue weighted by atomic mass is 16.6. The van der Waals surface area contributed by atoms with Crippen LogP contribution in [0.25, 0.3) is 5.57 Å². The Hall–Kier alpha value is -3.47. The van der Waals surface area contributed by atoms with E-state index in [0.29, 0.717) is 11.8 Å². The zero-order chi connectivity index (χ0) is 20.9. The molecule has 2 atom stereocenters. The molecule has 152 valence electrons. The minimum atomic E-state index is -0.340. The molecule has 5 heteroatoms. The molecule has 0 saturated heterocycles. The first-order chi connectivity index (χ1) is 14.6. The molecule has 2 aromatic rings. The third-order valence-electron chi connectivity index (χ3n) is 5.51. The average molecular weight is 399 g/mol. The fourth-order valence-corrected chi connectivity index (χ4v) is 3.96. The lowest BCUT2D eigenvalue weighted by molar-refractivity contribution is -0.125. The third-order valence-corrected chi connectivity index (χ3v) is 5.51. The van der Waals surface area contributed by atoms with Crippen molar-refractivity contribution >= 4 is 23.4 Å². The van der Waals surface area contributed by atoms with Gasteiger partial charge in [0.25, 0.3) is 5.91 Å². The van der Waals surface area contributed by atoms with Gasteiger partial charge in [0.2, 0.25) is 0 Å². The molecule has 30 heavy (non-hydrogen) atoms. The molecule has 2 unspecified atom stereocenters. The molecule has 0 saturated carbocycles. The van der Waals surface area contributed by atoms with E-state index >= 15 is 0 Å². The molecule has 0 radical (unpaired) electrons. The van der Waals surface area contributed by atoms with Gasteiger partial charge in [0.15, 0.2) is 6.61 Å². The maximum Gasteiger partial charge on any atom is 0.280 e. The van der Waals surface area contributed by atoms with Crippen molar-refractivity contribution < 1.29 is 9.63 Å². The van der Waals surface area contributed by atoms with Gasteiger partial charge in [-0.15, -0.1) is 0 Å². The molecule has 2 aromatic carbocycles. The van der Waals surface area contributed by atoms with Gasteiger partial charge < -0.3 is 4.84 Å². The molecule has 1 N–H and O–H groups in total. The van der Waals surface area contributed by atoms with Gasteiger partial charge in [0, 0.05) is 11.8 Å². The molecule has 2 aliphatic carbocycles. The number of fused-ring (bicyclic) bond motifs is 2. The lowest BCUT2D eigenvalue weighted by Gasteiger charge is -2.13. The van der Waals surface area contributed by atoms with E-state index in [9.17, 15) is 4.79 Å². The number of amides is 1. The molecule has 0 aliphatic heterocycles. The van der Waals surface area contributed by atoms with Crippen LogP contribution in [0.2, 0.25) is 0 Å². The number of rotatable bonds is 7. The van der Waals surface area contributed by atoms with Gasteiger partial charge in [-0.25, -0.2) is 5.43 Å². The molecule has 0 aromatic heterocycles. The third kappa shape index (κ3) is 4.40. The van der Waals surface area contributed by atoms with Crippen molar-refractivity contribution in [2.45, 2.75) is 20.3 Å². The van der Waals surface area contributed by atoms with Crippen LogP contribution in [0.4, 0.5) is 0 Å². The number of hydrazone groups is 1. The molecule has 0 spiro atoms. The molecule has 4 rings (SSSR count). The van der Waals surface area contributed by atoms with Crippen LogP contribution in [0.1, 0.15) is 30.0 Å². The molecule has 0 heterocycles. The van der Waals surface area contributed by atoms with Crippen LogP contribution in [-0.2, 0) is 9.63 Å². The summed E-state index contributed by atoms with van der Waals surface area (Å²) >= 11 is 0. The fraction of sp³-hybridized carbons (Fsp3) is 0.240. The maximum absolute atomic E-state index is 12.0. The van der Waals surface area contributed by atoms with E-state index in [2.05, 4.69) is 40.0 Å². The fourth-order valence-electron chi connectivity index (χ4n) is 3.96. The predicted molar refractivity (Wildman–Crippen MR) is 120 cm³/mol. The number of oxime groups is 1. The maximum atomic E-state index is 12.0. The lowest BCUT2D eigenvalue weighted by Crippen LogP contribution is -2.22. The van der Waals surface area contributed by atoms with Crippen LogP contribution in [-0.4, -0.2) is 24.4 Å². The van der Waals surface area contributed by atoms with Crippen molar-refractivity contribution in [3.05, 3.63) is 89.0 Å². The summed E-state index contributed by atoms with van der Waals surface area (Å²) in [6, 6.07) is 18.3. The Kier molecular flexibility index (Phi) is 5.89. The summed E-state index contributed by atoms with van der Waals surface area (Å²) in [5.41, 5.74) is 9.09. The van der Waals surface area contributed by atoms with E-state index < -0.39 is 0 Å². The summed E-state index contributed by atoms with van der Waals surface area (Å²) in [6.07, 6.45) is 7.35. The summed E-state index contributed by atoms with van der Waals surface area (Å²) in [6.45, 7) is 3.70. The largest absolute Gasteiger partial charge is 0.385 e. The van der Waals surface area contributed by atoms with Crippen LogP contribution in [0.5, 0.6) is 0 Å². The molecular formula is C25H25N3O2. The summed E-state index contributed by atoms with van der Waals surface area (Å²) in [5.74, 6) is 0.452. The van der Waals surface area contributed by atoms with Crippen molar-refractivity contribution in [3.8, 4) is 0 Å². The standard InChI is InChI=1S/C25H25N3O2/c1-17-8-10-19(11-9-17)18(2)28-30-16-24(29)27-26-15-23-21-12-13-22(14-21)25(23)20-6-4-3-5-7-20/h3-13,15,21-22H,14,16H2,1-2H3,(H,27,29)/b26-15+,28-18+. The van der Waals surface area contributed by atoms with Crippen LogP contribution in [0.3, 0.4) is 0 Å². The van der Waals surface area contributed by atoms with Crippen LogP contribution < -0.4 is 5.43 Å². The second-order valence-corrected chi connectivity index (χ2v) is 7.68. The summed E-state index contributed by atoms with van der Waals surface area (Å²) in [7, 11) is 0. The number of benzene rings is 2. The lowest BCUT2D eigenvalue weighted by atomic mass is 9.92. The van der Waals surface area contributed by atoms with Crippen molar-refractivity contribution in [3.63, 3.8) is 0 Å². The minimum Gasteiger partial charge on any atom is -0.385 e. The van der Waals surface area contributed by atoms with Gasteiger partial charge >= 0.3 is 0 Å². The number of allylic oxidation sites excluding steroid dienone is 4. The van der Waals surface area contributed by atoms with Gasteiger partial charge in [0.05, 0.1) is 11.9 Å². The Morgan fingerprint density at radius 2 is 1.83 bits per heavy atom. The predicted octanol–water partition coefficient (Wildman–Crippen LogP) is 4.50. The van der Waals surface area contributed by atoms with Gasteiger partial charge in [-0.2, -0.15) is 5.10 Å². The Balaban J connectivity index is 1.34. The molecule has 2 aliphatic rings. The zero-order valence-corrected chi connectivity index (χ0v) is 17.2. The normalized spacial score (nSPS) is 20.3. The van der Waals surface area contributed by atoms with Crippen LogP contribution in [0, 0.1) is 18.8 Å². The second-order valence-electron chi connectivity index (χ2n) is 7.68. The topological polar surface area (TPSA) is 63.0 Å². The van der Waals surface area contributed by atoms with Gasteiger partial charge in [0.1, 0.15) is 0 Å². The Morgan fingerprint density at radius 1 is 1.10 bits per heavy atom. The minimum absolute atomic E-state index is 0.183. The monoisotopic (exact) mass is 399 g/mol. The first kappa shape index (κ1) is 19.8. The highest BCUT2D eigenvalue weighted by Gasteiger charge is 2.34. The van der Waals surface area contributed by atoms with E-state index in [1.165, 1.54) is 22.3 Å². The molecule has 5 nitrogen and oxygen atoms in total. The SMILES string of the molecule is C/C(=N\OCC(=O)N/N=C/C1=C(c2ccccc2)C2C=CC1C2)c1ccc(C)cc1. The summed E-state index contributed by atoms with van der Waals surface area (Å²) in [5, 5.41) is 8.19. The van der Waals surface area contributed by atoms with E-state index in [4.69, 9.17) is 4.84 Å². The number of hydrogen-bond donors (Lipinski definition) is 1. The smallest absolute Gasteiger partial charge is 0.280 e. The molecule has 0 fully saturated rings. The van der Waals surface area contributed by atoms with Gasteiger partial charge in [-0.1, -0.05) is 77.5 Å². The molecule has 1 amide bonds. The Morgan fingerprint density at radius 3 is 2.60 bits per heavy atom. The van der Waals surface area contributed by atoms with Crippen molar-refractivity contribution in [2.75, 3.05) is 6.61 Å². The Labute approximate surface area is 176 Å². The first-order valence-electron chi connectivity index (χ1n) is 10.1. The summed E-state index contributed by atoms with van der Waals surface area (Å²) in [4.78, 5) is 17.2. The highest BCUT2D eigenvalue weighted by molar-refractivity contribution is 5.98. The van der Waals surface area contributed by atoms with E-state index in [1.54, 1.807) is 6.21 Å². The highest BCUT2D eigenvalue weighted by Crippen LogP contribution is 2.47. The van der Waals surface area contributed by atoms with Crippen molar-refractivity contribution in [1.82, 2.24) is 5.43 Å². The van der Waals surface area contributed by atoms with Crippen LogP contribution in [0.15, 0.2) is 82.6 Å². The number of carbonyl (C=O) groups is 1. The number of aryl methyl sites for hydroxylation is 1. The molecular weight excluding hydrogens is 374 g/mol. The average Bonchev–Trinajstić information content (AvgIpc) is 3.36. The van der Waals surface area contributed by atoms with Crippen LogP contribution >= 0.6 is 0 Å².